The fraction of sp³-hybridized carbons (Fsp3) is 0.615. The lowest BCUT2D eigenvalue weighted by atomic mass is 10.3. The molecule has 2 aliphatic rings. The van der Waals surface area contributed by atoms with Gasteiger partial charge in [0.1, 0.15) is 9.23 Å². The topological polar surface area (TPSA) is 70.2 Å². The van der Waals surface area contributed by atoms with Crippen molar-refractivity contribution in [2.24, 2.45) is 0 Å². The summed E-state index contributed by atoms with van der Waals surface area (Å²) in [6, 6.07) is 1.31. The van der Waals surface area contributed by atoms with Gasteiger partial charge in [-0.1, -0.05) is 23.2 Å². The quantitative estimate of drug-likeness (QED) is 0.740. The van der Waals surface area contributed by atoms with E-state index < -0.39 is 10.0 Å². The number of urea groups is 1. The van der Waals surface area contributed by atoms with Crippen LogP contribution in [0.4, 0.5) is 4.79 Å². The van der Waals surface area contributed by atoms with Gasteiger partial charge in [0.2, 0.25) is 10.0 Å². The lowest BCUT2D eigenvalue weighted by molar-refractivity contribution is 0.0405. The van der Waals surface area contributed by atoms with Gasteiger partial charge >= 0.3 is 6.03 Å². The van der Waals surface area contributed by atoms with Crippen LogP contribution in [0.2, 0.25) is 8.67 Å². The lowest BCUT2D eigenvalue weighted by Crippen LogP contribution is -2.55. The van der Waals surface area contributed by atoms with Crippen LogP contribution >= 0.6 is 34.5 Å². The number of halogens is 2. The van der Waals surface area contributed by atoms with Gasteiger partial charge in [0.05, 0.1) is 17.6 Å². The van der Waals surface area contributed by atoms with Gasteiger partial charge in [0, 0.05) is 39.3 Å². The Balaban J connectivity index is 1.64. The molecule has 0 spiro atoms. The molecule has 134 valence electrons. The van der Waals surface area contributed by atoms with Gasteiger partial charge in [-0.25, -0.2) is 13.2 Å². The summed E-state index contributed by atoms with van der Waals surface area (Å²) >= 11 is 12.8. The van der Waals surface area contributed by atoms with Crippen molar-refractivity contribution in [3.63, 3.8) is 0 Å². The van der Waals surface area contributed by atoms with E-state index in [1.165, 1.54) is 10.4 Å². The van der Waals surface area contributed by atoms with Crippen LogP contribution in [0.5, 0.6) is 0 Å². The summed E-state index contributed by atoms with van der Waals surface area (Å²) in [5, 5.41) is 0. The molecule has 3 heterocycles. The largest absolute Gasteiger partial charge is 0.378 e. The summed E-state index contributed by atoms with van der Waals surface area (Å²) in [5.74, 6) is 0. The zero-order valence-corrected chi connectivity index (χ0v) is 15.9. The average Bonchev–Trinajstić information content (AvgIpc) is 2.94. The van der Waals surface area contributed by atoms with Gasteiger partial charge in [-0.15, -0.1) is 11.3 Å². The zero-order chi connectivity index (χ0) is 17.3. The molecule has 0 aromatic carbocycles. The van der Waals surface area contributed by atoms with Crippen LogP contribution in [0.15, 0.2) is 11.0 Å². The van der Waals surface area contributed by atoms with E-state index in [9.17, 15) is 13.2 Å². The van der Waals surface area contributed by atoms with Crippen molar-refractivity contribution >= 4 is 50.6 Å². The first-order valence-corrected chi connectivity index (χ1v) is 10.5. The molecular weight excluding hydrogens is 397 g/mol. The number of carbonyl (C=O) groups excluding carboxylic acids is 1. The second-order valence-corrected chi connectivity index (χ2v) is 9.65. The third-order valence-corrected chi connectivity index (χ3v) is 7.69. The molecule has 24 heavy (non-hydrogen) atoms. The first-order chi connectivity index (χ1) is 11.4. The number of piperazine rings is 1. The Hall–Kier alpha value is -0.580. The van der Waals surface area contributed by atoms with Gasteiger partial charge in [-0.3, -0.25) is 0 Å². The summed E-state index contributed by atoms with van der Waals surface area (Å²) in [6.45, 7) is 3.40. The van der Waals surface area contributed by atoms with Crippen molar-refractivity contribution in [3.8, 4) is 0 Å². The highest BCUT2D eigenvalue weighted by Crippen LogP contribution is 2.36. The van der Waals surface area contributed by atoms with Crippen molar-refractivity contribution in [2.75, 3.05) is 52.5 Å². The normalized spacial score (nSPS) is 20.4. The molecule has 0 atom stereocenters. The Morgan fingerprint density at radius 1 is 1.04 bits per heavy atom. The maximum absolute atomic E-state index is 12.7. The molecule has 0 N–H and O–H groups in total. The van der Waals surface area contributed by atoms with Crippen LogP contribution in [0.25, 0.3) is 0 Å². The second-order valence-electron chi connectivity index (χ2n) is 5.46. The lowest BCUT2D eigenvalue weighted by Gasteiger charge is -2.37. The number of rotatable bonds is 2. The van der Waals surface area contributed by atoms with Crippen LogP contribution in [0.1, 0.15) is 0 Å². The number of hydrogen-bond donors (Lipinski definition) is 0. The number of thiophene rings is 1. The fourth-order valence-electron chi connectivity index (χ4n) is 2.71. The minimum atomic E-state index is -3.69. The van der Waals surface area contributed by atoms with Crippen molar-refractivity contribution in [2.45, 2.75) is 4.90 Å². The van der Waals surface area contributed by atoms with Crippen LogP contribution in [0.3, 0.4) is 0 Å². The molecule has 0 bridgehead atoms. The number of ether oxygens (including phenoxy) is 1. The smallest absolute Gasteiger partial charge is 0.320 e. The molecule has 2 aliphatic heterocycles. The second kappa shape index (κ2) is 7.35. The Kier molecular flexibility index (Phi) is 5.58. The van der Waals surface area contributed by atoms with Gasteiger partial charge < -0.3 is 14.5 Å². The van der Waals surface area contributed by atoms with E-state index in [1.807, 2.05) is 0 Å². The minimum absolute atomic E-state index is 0.0344. The predicted octanol–water partition coefficient (Wildman–Crippen LogP) is 1.81. The molecule has 1 aromatic rings. The van der Waals surface area contributed by atoms with E-state index >= 15 is 0 Å². The number of carbonyl (C=O) groups is 1. The Morgan fingerprint density at radius 2 is 1.62 bits per heavy atom. The third kappa shape index (κ3) is 3.66. The molecule has 2 saturated heterocycles. The van der Waals surface area contributed by atoms with Crippen LogP contribution in [-0.2, 0) is 14.8 Å². The van der Waals surface area contributed by atoms with Gasteiger partial charge in [0.25, 0.3) is 0 Å². The van der Waals surface area contributed by atoms with E-state index in [4.69, 9.17) is 27.9 Å². The third-order valence-electron chi connectivity index (χ3n) is 4.03. The van der Waals surface area contributed by atoms with Gasteiger partial charge in [-0.05, 0) is 6.07 Å². The first kappa shape index (κ1) is 18.2. The summed E-state index contributed by atoms with van der Waals surface area (Å²) in [4.78, 5) is 15.9. The molecule has 3 rings (SSSR count). The predicted molar refractivity (Wildman–Crippen MR) is 92.5 cm³/mol. The van der Waals surface area contributed by atoms with Crippen molar-refractivity contribution < 1.29 is 17.9 Å². The summed E-state index contributed by atoms with van der Waals surface area (Å²) in [5.41, 5.74) is 0. The van der Waals surface area contributed by atoms with Crippen LogP contribution in [0, 0.1) is 0 Å². The van der Waals surface area contributed by atoms with Gasteiger partial charge in [0.15, 0.2) is 0 Å². The van der Waals surface area contributed by atoms with E-state index in [2.05, 4.69) is 0 Å². The van der Waals surface area contributed by atoms with Crippen LogP contribution < -0.4 is 0 Å². The standard InChI is InChI=1S/C13H17Cl2N3O4S2/c14-11-9-10(12(15)23-11)24(20,21)18-3-1-16(2-4-18)13(19)17-5-7-22-8-6-17/h9H,1-8H2. The zero-order valence-electron chi connectivity index (χ0n) is 12.8. The number of sulfonamides is 1. The Bertz CT molecular complexity index is 711. The molecule has 2 amide bonds. The van der Waals surface area contributed by atoms with E-state index in [0.29, 0.717) is 43.7 Å². The number of morpholine rings is 1. The van der Waals surface area contributed by atoms with E-state index in [-0.39, 0.29) is 28.4 Å². The number of hydrogen-bond acceptors (Lipinski definition) is 5. The highest BCUT2D eigenvalue weighted by molar-refractivity contribution is 7.89. The maximum Gasteiger partial charge on any atom is 0.320 e. The number of nitrogens with zero attached hydrogens (tertiary/aromatic N) is 3. The van der Waals surface area contributed by atoms with Crippen molar-refractivity contribution in [1.82, 2.24) is 14.1 Å². The monoisotopic (exact) mass is 413 g/mol. The Morgan fingerprint density at radius 3 is 2.17 bits per heavy atom. The SMILES string of the molecule is O=C(N1CCOCC1)N1CCN(S(=O)(=O)c2cc(Cl)sc2Cl)CC1. The average molecular weight is 414 g/mol. The number of amides is 2. The maximum atomic E-state index is 12.7. The molecule has 11 heteroatoms. The molecule has 1 aromatic heterocycles. The molecule has 0 unspecified atom stereocenters. The molecular formula is C13H17Cl2N3O4S2. The van der Waals surface area contributed by atoms with E-state index in [1.54, 1.807) is 9.80 Å². The molecule has 7 nitrogen and oxygen atoms in total. The first-order valence-electron chi connectivity index (χ1n) is 7.46. The fourth-order valence-corrected chi connectivity index (χ4v) is 6.25. The summed E-state index contributed by atoms with van der Waals surface area (Å²) in [6.07, 6.45) is 0. The summed E-state index contributed by atoms with van der Waals surface area (Å²) < 4.78 is 32.4. The molecule has 0 saturated carbocycles. The molecule has 0 aliphatic carbocycles. The van der Waals surface area contributed by atoms with Gasteiger partial charge in [-0.2, -0.15) is 4.31 Å². The van der Waals surface area contributed by atoms with Crippen molar-refractivity contribution in [1.29, 1.82) is 0 Å². The highest BCUT2D eigenvalue weighted by Gasteiger charge is 2.33. The molecule has 2 fully saturated rings. The van der Waals surface area contributed by atoms with E-state index in [0.717, 1.165) is 11.3 Å². The minimum Gasteiger partial charge on any atom is -0.378 e. The van der Waals surface area contributed by atoms with Crippen molar-refractivity contribution in [3.05, 3.63) is 14.7 Å². The summed E-state index contributed by atoms with van der Waals surface area (Å²) in [7, 11) is -3.69. The molecule has 0 radical (unpaired) electrons. The highest BCUT2D eigenvalue weighted by atomic mass is 35.5. The Labute approximate surface area is 154 Å². The van der Waals surface area contributed by atoms with Crippen LogP contribution in [-0.4, -0.2) is 81.0 Å².